The molecule has 1 unspecified atom stereocenters. The lowest BCUT2D eigenvalue weighted by atomic mass is 9.84. The van der Waals surface area contributed by atoms with E-state index in [-0.39, 0.29) is 11.5 Å². The first-order valence-electron chi connectivity index (χ1n) is 5.75. The van der Waals surface area contributed by atoms with Crippen LogP contribution < -0.4 is 0 Å². The van der Waals surface area contributed by atoms with E-state index in [2.05, 4.69) is 39.0 Å². The van der Waals surface area contributed by atoms with E-state index in [1.54, 1.807) is 0 Å². The third-order valence-corrected chi connectivity index (χ3v) is 3.48. The molecule has 0 aliphatic heterocycles. The zero-order valence-corrected chi connectivity index (χ0v) is 9.88. The minimum absolute atomic E-state index is 0.256. The highest BCUT2D eigenvalue weighted by atomic mass is 16.3. The van der Waals surface area contributed by atoms with Crippen LogP contribution in [0.25, 0.3) is 0 Å². The van der Waals surface area contributed by atoms with E-state index in [4.69, 9.17) is 0 Å². The van der Waals surface area contributed by atoms with E-state index in [0.29, 0.717) is 0 Å². The van der Waals surface area contributed by atoms with Crippen LogP contribution in [0.1, 0.15) is 49.5 Å². The van der Waals surface area contributed by atoms with Crippen molar-refractivity contribution in [3.63, 3.8) is 0 Å². The monoisotopic (exact) mass is 204 g/mol. The fourth-order valence-corrected chi connectivity index (χ4v) is 2.46. The molecule has 82 valence electrons. The second-order valence-electron chi connectivity index (χ2n) is 5.59. The molecule has 0 bridgehead atoms. The smallest absolute Gasteiger partial charge is 0.0797 e. The number of aliphatic hydroxyl groups is 1. The van der Waals surface area contributed by atoms with Gasteiger partial charge in [0, 0.05) is 0 Å². The number of benzene rings is 1. The molecule has 0 saturated carbocycles. The second kappa shape index (κ2) is 3.64. The lowest BCUT2D eigenvalue weighted by molar-refractivity contribution is 0.116. The molecular weight excluding hydrogens is 184 g/mol. The van der Waals surface area contributed by atoms with E-state index in [0.717, 1.165) is 18.4 Å². The third-order valence-electron chi connectivity index (χ3n) is 3.48. The van der Waals surface area contributed by atoms with Crippen molar-refractivity contribution < 1.29 is 5.11 Å². The van der Waals surface area contributed by atoms with Gasteiger partial charge in [0.2, 0.25) is 0 Å². The summed E-state index contributed by atoms with van der Waals surface area (Å²) in [4.78, 5) is 0. The van der Waals surface area contributed by atoms with Crippen LogP contribution in [0.3, 0.4) is 0 Å². The fourth-order valence-electron chi connectivity index (χ4n) is 2.46. The van der Waals surface area contributed by atoms with Gasteiger partial charge in [0.1, 0.15) is 0 Å². The van der Waals surface area contributed by atoms with Gasteiger partial charge in [0.15, 0.2) is 0 Å². The van der Waals surface area contributed by atoms with Crippen LogP contribution >= 0.6 is 0 Å². The molecule has 1 N–H and O–H groups in total. The van der Waals surface area contributed by atoms with Gasteiger partial charge in [-0.1, -0.05) is 37.6 Å². The maximum atomic E-state index is 10.2. The average molecular weight is 204 g/mol. The number of aryl methyl sites for hydroxylation is 2. The summed E-state index contributed by atoms with van der Waals surface area (Å²) in [5.41, 5.74) is 3.98. The lowest BCUT2D eigenvalue weighted by Crippen LogP contribution is -2.13. The quantitative estimate of drug-likeness (QED) is 0.642. The summed E-state index contributed by atoms with van der Waals surface area (Å²) in [7, 11) is 0. The molecule has 0 fully saturated rings. The van der Waals surface area contributed by atoms with E-state index in [1.165, 1.54) is 17.5 Å². The van der Waals surface area contributed by atoms with Gasteiger partial charge < -0.3 is 5.11 Å². The van der Waals surface area contributed by atoms with Gasteiger partial charge in [-0.15, -0.1) is 0 Å². The Kier molecular flexibility index (Phi) is 2.59. The van der Waals surface area contributed by atoms with Crippen LogP contribution in [0, 0.1) is 12.3 Å². The predicted molar refractivity (Wildman–Crippen MR) is 62.9 cm³/mol. The Balaban J connectivity index is 2.40. The van der Waals surface area contributed by atoms with Gasteiger partial charge in [-0.05, 0) is 42.7 Å². The normalized spacial score (nSPS) is 24.4. The molecule has 15 heavy (non-hydrogen) atoms. The molecule has 0 radical (unpaired) electrons. The largest absolute Gasteiger partial charge is 0.388 e. The Labute approximate surface area is 92.1 Å². The van der Waals surface area contributed by atoms with E-state index in [1.807, 2.05) is 0 Å². The van der Waals surface area contributed by atoms with Gasteiger partial charge in [-0.3, -0.25) is 0 Å². The molecule has 2 rings (SSSR count). The number of rotatable bonds is 0. The summed E-state index contributed by atoms with van der Waals surface area (Å²) in [6, 6.07) is 6.46. The summed E-state index contributed by atoms with van der Waals surface area (Å²) in [6.07, 6.45) is 2.86. The van der Waals surface area contributed by atoms with Gasteiger partial charge in [0.05, 0.1) is 6.10 Å². The van der Waals surface area contributed by atoms with Crippen molar-refractivity contribution in [3.05, 3.63) is 34.9 Å². The Morgan fingerprint density at radius 1 is 1.33 bits per heavy atom. The minimum atomic E-state index is -0.280. The first-order chi connectivity index (χ1) is 6.98. The predicted octanol–water partition coefficient (Wildman–Crippen LogP) is 3.39. The van der Waals surface area contributed by atoms with Crippen molar-refractivity contribution in [3.8, 4) is 0 Å². The molecule has 0 amide bonds. The van der Waals surface area contributed by atoms with Crippen LogP contribution in [0.5, 0.6) is 0 Å². The van der Waals surface area contributed by atoms with Gasteiger partial charge in [0.25, 0.3) is 0 Å². The molecule has 1 atom stereocenters. The molecular formula is C14H20O. The maximum absolute atomic E-state index is 10.2. The third kappa shape index (κ3) is 2.23. The highest BCUT2D eigenvalue weighted by Crippen LogP contribution is 2.39. The van der Waals surface area contributed by atoms with Crippen LogP contribution in [0.4, 0.5) is 0 Å². The Bertz CT molecular complexity index is 366. The van der Waals surface area contributed by atoms with Crippen LogP contribution in [0.15, 0.2) is 18.2 Å². The van der Waals surface area contributed by atoms with Gasteiger partial charge >= 0.3 is 0 Å². The van der Waals surface area contributed by atoms with Crippen molar-refractivity contribution in [2.75, 3.05) is 0 Å². The molecule has 0 aromatic heterocycles. The van der Waals surface area contributed by atoms with Crippen molar-refractivity contribution >= 4 is 0 Å². The Morgan fingerprint density at radius 3 is 2.80 bits per heavy atom. The summed E-state index contributed by atoms with van der Waals surface area (Å²) in [6.45, 7) is 6.58. The molecule has 1 aliphatic carbocycles. The Morgan fingerprint density at radius 2 is 2.07 bits per heavy atom. The van der Waals surface area contributed by atoms with Crippen molar-refractivity contribution in [2.24, 2.45) is 5.41 Å². The molecule has 0 saturated heterocycles. The fraction of sp³-hybridized carbons (Fsp3) is 0.571. The zero-order chi connectivity index (χ0) is 11.1. The summed E-state index contributed by atoms with van der Waals surface area (Å²) in [5.74, 6) is 0. The summed E-state index contributed by atoms with van der Waals surface area (Å²) in [5, 5.41) is 10.2. The number of hydrogen-bond donors (Lipinski definition) is 1. The lowest BCUT2D eigenvalue weighted by Gasteiger charge is -2.24. The Hall–Kier alpha value is -0.820. The summed E-state index contributed by atoms with van der Waals surface area (Å²) >= 11 is 0. The average Bonchev–Trinajstić information content (AvgIpc) is 2.24. The van der Waals surface area contributed by atoms with E-state index in [9.17, 15) is 5.11 Å². The molecule has 1 aromatic carbocycles. The molecule has 1 aromatic rings. The van der Waals surface area contributed by atoms with Crippen LogP contribution in [-0.4, -0.2) is 5.11 Å². The van der Waals surface area contributed by atoms with Gasteiger partial charge in [-0.25, -0.2) is 0 Å². The highest BCUT2D eigenvalue weighted by Gasteiger charge is 2.28. The van der Waals surface area contributed by atoms with Crippen molar-refractivity contribution in [1.29, 1.82) is 0 Å². The molecule has 0 heterocycles. The minimum Gasteiger partial charge on any atom is -0.388 e. The van der Waals surface area contributed by atoms with Crippen molar-refractivity contribution in [2.45, 2.75) is 46.1 Å². The molecule has 1 heteroatoms. The van der Waals surface area contributed by atoms with E-state index < -0.39 is 0 Å². The van der Waals surface area contributed by atoms with Gasteiger partial charge in [-0.2, -0.15) is 0 Å². The highest BCUT2D eigenvalue weighted by molar-refractivity contribution is 5.34. The van der Waals surface area contributed by atoms with Crippen molar-refractivity contribution in [1.82, 2.24) is 0 Å². The molecule has 1 aliphatic rings. The first kappa shape index (κ1) is 10.7. The topological polar surface area (TPSA) is 20.2 Å². The first-order valence-corrected chi connectivity index (χ1v) is 5.75. The van der Waals surface area contributed by atoms with E-state index >= 15 is 0 Å². The zero-order valence-electron chi connectivity index (χ0n) is 9.88. The second-order valence-corrected chi connectivity index (χ2v) is 5.59. The SMILES string of the molecule is Cc1ccc2c(c1)C(O)CC(C)(C)CC2. The maximum Gasteiger partial charge on any atom is 0.0797 e. The van der Waals surface area contributed by atoms with Crippen LogP contribution in [0.2, 0.25) is 0 Å². The summed E-state index contributed by atoms with van der Waals surface area (Å²) < 4.78 is 0. The number of fused-ring (bicyclic) bond motifs is 1. The number of hydrogen-bond acceptors (Lipinski definition) is 1. The number of aliphatic hydroxyl groups excluding tert-OH is 1. The molecule has 0 spiro atoms. The molecule has 1 nitrogen and oxygen atoms in total. The van der Waals surface area contributed by atoms with Crippen LogP contribution in [-0.2, 0) is 6.42 Å². The standard InChI is InChI=1S/C14H20O/c1-10-4-5-11-6-7-14(2,3)9-13(15)12(11)8-10/h4-5,8,13,15H,6-7,9H2,1-3H3.